The Morgan fingerprint density at radius 2 is 1.68 bits per heavy atom. The molecule has 1 aliphatic rings. The zero-order valence-electron chi connectivity index (χ0n) is 13.2. The van der Waals surface area contributed by atoms with Crippen LogP contribution in [0.15, 0.2) is 24.3 Å². The fraction of sp³-hybridized carbons (Fsp3) is 0.267. The van der Waals surface area contributed by atoms with E-state index in [1.165, 1.54) is 0 Å². The SMILES string of the molecule is Nc1snnc1C(=O)N1CCN(C(=O)c2n[nH]c3ccccc23)CC1. The van der Waals surface area contributed by atoms with Crippen LogP contribution < -0.4 is 5.73 Å². The fourth-order valence-corrected chi connectivity index (χ4v) is 3.31. The van der Waals surface area contributed by atoms with Gasteiger partial charge in [-0.1, -0.05) is 22.7 Å². The number of nitrogen functional groups attached to an aromatic ring is 1. The first-order valence-electron chi connectivity index (χ1n) is 7.74. The number of anilines is 1. The van der Waals surface area contributed by atoms with E-state index in [2.05, 4.69) is 19.8 Å². The van der Waals surface area contributed by atoms with Gasteiger partial charge < -0.3 is 15.5 Å². The highest BCUT2D eigenvalue weighted by molar-refractivity contribution is 7.10. The van der Waals surface area contributed by atoms with Crippen molar-refractivity contribution in [2.45, 2.75) is 0 Å². The number of benzene rings is 1. The van der Waals surface area contributed by atoms with Crippen LogP contribution in [0.4, 0.5) is 5.00 Å². The van der Waals surface area contributed by atoms with Gasteiger partial charge in [0.2, 0.25) is 0 Å². The molecule has 3 N–H and O–H groups in total. The molecular formula is C15H15N7O2S. The van der Waals surface area contributed by atoms with E-state index in [0.29, 0.717) is 36.9 Å². The number of piperazine rings is 1. The predicted octanol–water partition coefficient (Wildman–Crippen LogP) is 0.595. The maximum Gasteiger partial charge on any atom is 0.277 e. The van der Waals surface area contributed by atoms with E-state index in [0.717, 1.165) is 22.4 Å². The summed E-state index contributed by atoms with van der Waals surface area (Å²) in [5.41, 5.74) is 7.12. The molecular weight excluding hydrogens is 342 g/mol. The number of nitrogens with zero attached hydrogens (tertiary/aromatic N) is 5. The summed E-state index contributed by atoms with van der Waals surface area (Å²) in [6, 6.07) is 7.50. The lowest BCUT2D eigenvalue weighted by Gasteiger charge is -2.34. The van der Waals surface area contributed by atoms with E-state index in [1.807, 2.05) is 24.3 Å². The smallest absolute Gasteiger partial charge is 0.277 e. The molecule has 0 unspecified atom stereocenters. The van der Waals surface area contributed by atoms with Gasteiger partial charge in [0.05, 0.1) is 5.52 Å². The van der Waals surface area contributed by atoms with Crippen molar-refractivity contribution in [1.82, 2.24) is 29.6 Å². The molecule has 25 heavy (non-hydrogen) atoms. The van der Waals surface area contributed by atoms with Crippen molar-refractivity contribution in [3.8, 4) is 0 Å². The number of amides is 2. The predicted molar refractivity (Wildman–Crippen MR) is 92.2 cm³/mol. The average molecular weight is 357 g/mol. The van der Waals surface area contributed by atoms with Crippen molar-refractivity contribution < 1.29 is 9.59 Å². The number of para-hydroxylation sites is 1. The van der Waals surface area contributed by atoms with Crippen molar-refractivity contribution in [2.75, 3.05) is 31.9 Å². The summed E-state index contributed by atoms with van der Waals surface area (Å²) < 4.78 is 3.69. The third-order valence-electron chi connectivity index (χ3n) is 4.24. The zero-order chi connectivity index (χ0) is 17.4. The van der Waals surface area contributed by atoms with Gasteiger partial charge in [0.15, 0.2) is 11.4 Å². The minimum atomic E-state index is -0.247. The molecule has 3 heterocycles. The van der Waals surface area contributed by atoms with Gasteiger partial charge in [-0.2, -0.15) is 5.10 Å². The summed E-state index contributed by atoms with van der Waals surface area (Å²) in [5.74, 6) is -0.386. The van der Waals surface area contributed by atoms with Crippen LogP contribution in [0.2, 0.25) is 0 Å². The lowest BCUT2D eigenvalue weighted by atomic mass is 10.2. The first-order chi connectivity index (χ1) is 12.1. The summed E-state index contributed by atoms with van der Waals surface area (Å²) in [6.07, 6.45) is 0. The highest BCUT2D eigenvalue weighted by Gasteiger charge is 2.29. The molecule has 0 spiro atoms. The maximum absolute atomic E-state index is 12.7. The van der Waals surface area contributed by atoms with Crippen LogP contribution in [0, 0.1) is 0 Å². The molecule has 10 heteroatoms. The number of rotatable bonds is 2. The van der Waals surface area contributed by atoms with E-state index >= 15 is 0 Å². The quantitative estimate of drug-likeness (QED) is 0.692. The summed E-state index contributed by atoms with van der Waals surface area (Å²) >= 11 is 0.994. The van der Waals surface area contributed by atoms with Crippen molar-refractivity contribution in [3.05, 3.63) is 35.7 Å². The molecule has 2 aromatic heterocycles. The van der Waals surface area contributed by atoms with Crippen LogP contribution in [-0.4, -0.2) is 67.6 Å². The molecule has 1 aromatic carbocycles. The van der Waals surface area contributed by atoms with E-state index in [9.17, 15) is 9.59 Å². The normalized spacial score (nSPS) is 14.9. The molecule has 0 radical (unpaired) electrons. The second kappa shape index (κ2) is 6.13. The Morgan fingerprint density at radius 1 is 1.04 bits per heavy atom. The third-order valence-corrected chi connectivity index (χ3v) is 4.80. The van der Waals surface area contributed by atoms with Crippen molar-refractivity contribution >= 4 is 39.3 Å². The Kier molecular flexibility index (Phi) is 3.80. The van der Waals surface area contributed by atoms with Gasteiger partial charge in [0.1, 0.15) is 5.00 Å². The molecule has 0 bridgehead atoms. The van der Waals surface area contributed by atoms with Crippen LogP contribution in [0.3, 0.4) is 0 Å². The van der Waals surface area contributed by atoms with Crippen LogP contribution in [0.5, 0.6) is 0 Å². The van der Waals surface area contributed by atoms with Gasteiger partial charge in [-0.25, -0.2) is 0 Å². The summed E-state index contributed by atoms with van der Waals surface area (Å²) in [5, 5.41) is 11.9. The van der Waals surface area contributed by atoms with Crippen molar-refractivity contribution in [3.63, 3.8) is 0 Å². The Bertz CT molecular complexity index is 942. The Balaban J connectivity index is 1.46. The number of H-pyrrole nitrogens is 1. The lowest BCUT2D eigenvalue weighted by Crippen LogP contribution is -2.50. The van der Waals surface area contributed by atoms with E-state index in [1.54, 1.807) is 9.80 Å². The fourth-order valence-electron chi connectivity index (χ4n) is 2.88. The number of nitrogens with two attached hydrogens (primary N) is 1. The third kappa shape index (κ3) is 2.70. The second-order valence-corrected chi connectivity index (χ2v) is 6.47. The Labute approximate surface area is 146 Å². The number of carbonyl (C=O) groups excluding carboxylic acids is 2. The molecule has 0 saturated carbocycles. The van der Waals surface area contributed by atoms with E-state index < -0.39 is 0 Å². The molecule has 0 atom stereocenters. The number of hydrogen-bond acceptors (Lipinski definition) is 7. The standard InChI is InChI=1S/C15H15N7O2S/c16-13-12(19-20-25-13)15(24)22-7-5-21(6-8-22)14(23)11-9-3-1-2-4-10(9)17-18-11/h1-4H,5-8,16H2,(H,17,18). The summed E-state index contributed by atoms with van der Waals surface area (Å²) in [7, 11) is 0. The van der Waals surface area contributed by atoms with E-state index in [-0.39, 0.29) is 17.5 Å². The summed E-state index contributed by atoms with van der Waals surface area (Å²) in [6.45, 7) is 1.71. The monoisotopic (exact) mass is 357 g/mol. The minimum Gasteiger partial charge on any atom is -0.387 e. The van der Waals surface area contributed by atoms with Gasteiger partial charge in [-0.05, 0) is 6.07 Å². The number of carbonyl (C=O) groups is 2. The first kappa shape index (κ1) is 15.5. The molecule has 1 saturated heterocycles. The van der Waals surface area contributed by atoms with Crippen LogP contribution in [0.1, 0.15) is 21.0 Å². The van der Waals surface area contributed by atoms with Crippen molar-refractivity contribution in [1.29, 1.82) is 0 Å². The molecule has 9 nitrogen and oxygen atoms in total. The zero-order valence-corrected chi connectivity index (χ0v) is 14.0. The minimum absolute atomic E-state index is 0.139. The lowest BCUT2D eigenvalue weighted by molar-refractivity contribution is 0.0530. The number of aromatic nitrogens is 4. The number of hydrogen-bond donors (Lipinski definition) is 2. The topological polar surface area (TPSA) is 121 Å². The molecule has 2 amide bonds. The number of nitrogens with one attached hydrogen (secondary N) is 1. The molecule has 1 fully saturated rings. The average Bonchev–Trinajstić information content (AvgIpc) is 3.27. The van der Waals surface area contributed by atoms with Crippen molar-refractivity contribution in [2.24, 2.45) is 0 Å². The highest BCUT2D eigenvalue weighted by Crippen LogP contribution is 2.19. The Hall–Kier alpha value is -3.01. The van der Waals surface area contributed by atoms with Gasteiger partial charge in [0.25, 0.3) is 11.8 Å². The number of fused-ring (bicyclic) bond motifs is 1. The van der Waals surface area contributed by atoms with Gasteiger partial charge in [-0.3, -0.25) is 14.7 Å². The number of aromatic amines is 1. The van der Waals surface area contributed by atoms with Gasteiger partial charge in [-0.15, -0.1) is 5.10 Å². The van der Waals surface area contributed by atoms with Crippen LogP contribution in [-0.2, 0) is 0 Å². The van der Waals surface area contributed by atoms with Gasteiger partial charge in [0, 0.05) is 43.1 Å². The van der Waals surface area contributed by atoms with E-state index in [4.69, 9.17) is 5.73 Å². The first-order valence-corrected chi connectivity index (χ1v) is 8.52. The Morgan fingerprint density at radius 3 is 2.32 bits per heavy atom. The molecule has 3 aromatic rings. The molecule has 0 aliphatic carbocycles. The highest BCUT2D eigenvalue weighted by atomic mass is 32.1. The van der Waals surface area contributed by atoms with Gasteiger partial charge >= 0.3 is 0 Å². The molecule has 128 valence electrons. The van der Waals surface area contributed by atoms with Crippen LogP contribution >= 0.6 is 11.5 Å². The largest absolute Gasteiger partial charge is 0.387 e. The maximum atomic E-state index is 12.7. The van der Waals surface area contributed by atoms with Crippen LogP contribution in [0.25, 0.3) is 10.9 Å². The molecule has 1 aliphatic heterocycles. The molecule has 4 rings (SSSR count). The second-order valence-electron chi connectivity index (χ2n) is 5.69. The summed E-state index contributed by atoms with van der Waals surface area (Å²) in [4.78, 5) is 28.5.